The number of carboxylic acid groups (broad SMARTS) is 1. The second kappa shape index (κ2) is 6.78. The van der Waals surface area contributed by atoms with Gasteiger partial charge in [0.25, 0.3) is 0 Å². The normalized spacial score (nSPS) is 11.0. The zero-order valence-electron chi connectivity index (χ0n) is 11.7. The topological polar surface area (TPSA) is 46.5 Å². The molecule has 1 aromatic heterocycles. The molecule has 1 heterocycles. The van der Waals surface area contributed by atoms with Crippen LogP contribution in [0.5, 0.6) is 5.75 Å². The minimum Gasteiger partial charge on any atom is -0.488 e. The van der Waals surface area contributed by atoms with Crippen LogP contribution in [-0.2, 0) is 11.4 Å². The Morgan fingerprint density at radius 3 is 2.62 bits per heavy atom. The van der Waals surface area contributed by atoms with Crippen molar-refractivity contribution in [2.24, 2.45) is 0 Å². The Morgan fingerprint density at radius 1 is 1.33 bits per heavy atom. The Labute approximate surface area is 132 Å². The summed E-state index contributed by atoms with van der Waals surface area (Å²) >= 11 is 7.66. The third-order valence-corrected chi connectivity index (χ3v) is 4.41. The molecule has 0 aliphatic heterocycles. The number of benzene rings is 1. The van der Waals surface area contributed by atoms with Crippen molar-refractivity contribution < 1.29 is 14.6 Å². The van der Waals surface area contributed by atoms with Gasteiger partial charge in [0, 0.05) is 16.0 Å². The monoisotopic (exact) mass is 322 g/mol. The highest BCUT2D eigenvalue weighted by molar-refractivity contribution is 7.10. The van der Waals surface area contributed by atoms with Crippen molar-refractivity contribution in [1.82, 2.24) is 0 Å². The Kier molecular flexibility index (Phi) is 5.04. The Bertz CT molecular complexity index is 666. The van der Waals surface area contributed by atoms with Gasteiger partial charge in [-0.25, -0.2) is 4.79 Å². The van der Waals surface area contributed by atoms with Crippen LogP contribution in [0.2, 0.25) is 5.02 Å². The molecule has 0 amide bonds. The van der Waals surface area contributed by atoms with E-state index in [-0.39, 0.29) is 0 Å². The lowest BCUT2D eigenvalue weighted by Gasteiger charge is -2.09. The van der Waals surface area contributed by atoms with Gasteiger partial charge >= 0.3 is 5.97 Å². The fourth-order valence-corrected chi connectivity index (χ4v) is 2.75. The molecule has 0 radical (unpaired) electrons. The maximum Gasteiger partial charge on any atom is 0.328 e. The summed E-state index contributed by atoms with van der Waals surface area (Å²) in [5, 5.41) is 11.3. The number of hydrogen-bond donors (Lipinski definition) is 1. The zero-order valence-corrected chi connectivity index (χ0v) is 13.3. The fraction of sp³-hybridized carbons (Fsp3) is 0.188. The van der Waals surface area contributed by atoms with Crippen LogP contribution in [0.1, 0.15) is 21.6 Å². The number of hydrogen-bond acceptors (Lipinski definition) is 3. The van der Waals surface area contributed by atoms with E-state index >= 15 is 0 Å². The van der Waals surface area contributed by atoms with Crippen molar-refractivity contribution >= 4 is 35.0 Å². The average Bonchev–Trinajstić information content (AvgIpc) is 2.88. The van der Waals surface area contributed by atoms with E-state index in [2.05, 4.69) is 0 Å². The van der Waals surface area contributed by atoms with Crippen molar-refractivity contribution in [2.75, 3.05) is 0 Å². The van der Waals surface area contributed by atoms with Crippen LogP contribution in [0.3, 0.4) is 0 Å². The molecule has 0 fully saturated rings. The number of aryl methyl sites for hydroxylation is 2. The highest BCUT2D eigenvalue weighted by Crippen LogP contribution is 2.27. The quantitative estimate of drug-likeness (QED) is 0.812. The van der Waals surface area contributed by atoms with E-state index in [1.54, 1.807) is 6.08 Å². The zero-order chi connectivity index (χ0) is 15.4. The van der Waals surface area contributed by atoms with Gasteiger partial charge in [0.1, 0.15) is 12.4 Å². The van der Waals surface area contributed by atoms with E-state index in [1.807, 2.05) is 37.4 Å². The van der Waals surface area contributed by atoms with Crippen LogP contribution in [0.25, 0.3) is 6.08 Å². The van der Waals surface area contributed by atoms with E-state index in [1.165, 1.54) is 11.3 Å². The largest absolute Gasteiger partial charge is 0.488 e. The fourth-order valence-electron chi connectivity index (χ4n) is 1.87. The first-order valence-electron chi connectivity index (χ1n) is 6.33. The molecule has 0 unspecified atom stereocenters. The highest BCUT2D eigenvalue weighted by atomic mass is 35.5. The molecule has 3 nitrogen and oxygen atoms in total. The number of carboxylic acids is 1. The van der Waals surface area contributed by atoms with Gasteiger partial charge in [0.2, 0.25) is 0 Å². The molecule has 0 aliphatic carbocycles. The molecule has 2 aromatic rings. The van der Waals surface area contributed by atoms with Crippen LogP contribution in [0, 0.1) is 13.8 Å². The van der Waals surface area contributed by atoms with Gasteiger partial charge < -0.3 is 9.84 Å². The number of carbonyl (C=O) groups is 1. The van der Waals surface area contributed by atoms with Crippen LogP contribution in [0.4, 0.5) is 0 Å². The molecule has 0 saturated carbocycles. The second-order valence-corrected chi connectivity index (χ2v) is 6.05. The van der Waals surface area contributed by atoms with Crippen LogP contribution in [0.15, 0.2) is 29.7 Å². The number of aliphatic carboxylic acids is 1. The third-order valence-electron chi connectivity index (χ3n) is 2.88. The predicted molar refractivity (Wildman–Crippen MR) is 86.2 cm³/mol. The Morgan fingerprint density at radius 2 is 2.00 bits per heavy atom. The molecule has 0 bridgehead atoms. The number of rotatable bonds is 5. The lowest BCUT2D eigenvalue weighted by molar-refractivity contribution is -0.131. The summed E-state index contributed by atoms with van der Waals surface area (Å²) in [7, 11) is 0. The van der Waals surface area contributed by atoms with Gasteiger partial charge in [-0.3, -0.25) is 0 Å². The molecule has 1 aromatic carbocycles. The lowest BCUT2D eigenvalue weighted by atomic mass is 10.1. The molecular formula is C16H15ClO3S. The average molecular weight is 323 g/mol. The van der Waals surface area contributed by atoms with Gasteiger partial charge in [0.05, 0.1) is 0 Å². The smallest absolute Gasteiger partial charge is 0.328 e. The Balaban J connectivity index is 2.02. The van der Waals surface area contributed by atoms with E-state index in [4.69, 9.17) is 21.4 Å². The first-order valence-corrected chi connectivity index (χ1v) is 7.59. The van der Waals surface area contributed by atoms with Crippen molar-refractivity contribution in [3.05, 3.63) is 56.2 Å². The first kappa shape index (κ1) is 15.6. The highest BCUT2D eigenvalue weighted by Gasteiger charge is 2.05. The summed E-state index contributed by atoms with van der Waals surface area (Å²) in [5.74, 6) is -0.170. The second-order valence-electron chi connectivity index (χ2n) is 4.68. The van der Waals surface area contributed by atoms with Gasteiger partial charge in [-0.2, -0.15) is 0 Å². The van der Waals surface area contributed by atoms with Gasteiger partial charge in [-0.15, -0.1) is 11.3 Å². The number of halogens is 1. The summed E-state index contributed by atoms with van der Waals surface area (Å²) < 4.78 is 5.76. The molecule has 21 heavy (non-hydrogen) atoms. The summed E-state index contributed by atoms with van der Waals surface area (Å²) in [5.41, 5.74) is 2.84. The van der Waals surface area contributed by atoms with Crippen LogP contribution in [-0.4, -0.2) is 11.1 Å². The molecule has 5 heteroatoms. The molecule has 2 rings (SSSR count). The SMILES string of the molecule is Cc1cc(OCc2cc(C=CC(=O)O)cs2)cc(C)c1Cl. The molecule has 110 valence electrons. The van der Waals surface area contributed by atoms with E-state index in [0.717, 1.165) is 38.4 Å². The summed E-state index contributed by atoms with van der Waals surface area (Å²) in [6.45, 7) is 4.34. The molecular weight excluding hydrogens is 308 g/mol. The first-order chi connectivity index (χ1) is 9.95. The van der Waals surface area contributed by atoms with Crippen molar-refractivity contribution in [3.63, 3.8) is 0 Å². The maximum absolute atomic E-state index is 10.5. The molecule has 0 saturated heterocycles. The minimum atomic E-state index is -0.953. The molecule has 1 N–H and O–H groups in total. The van der Waals surface area contributed by atoms with E-state index in [0.29, 0.717) is 6.61 Å². The maximum atomic E-state index is 10.5. The van der Waals surface area contributed by atoms with Gasteiger partial charge in [-0.1, -0.05) is 11.6 Å². The summed E-state index contributed by atoms with van der Waals surface area (Å²) in [4.78, 5) is 11.5. The standard InChI is InChI=1S/C16H15ClO3S/c1-10-5-13(6-11(2)16(10)17)20-8-14-7-12(9-21-14)3-4-15(18)19/h3-7,9H,8H2,1-2H3,(H,18,19). The van der Waals surface area contributed by atoms with Crippen molar-refractivity contribution in [2.45, 2.75) is 20.5 Å². The van der Waals surface area contributed by atoms with E-state index < -0.39 is 5.97 Å². The van der Waals surface area contributed by atoms with Gasteiger partial charge in [0.15, 0.2) is 0 Å². The predicted octanol–water partition coefficient (Wildman–Crippen LogP) is 4.70. The number of ether oxygens (including phenoxy) is 1. The Hall–Kier alpha value is -1.78. The van der Waals surface area contributed by atoms with Crippen molar-refractivity contribution in [3.8, 4) is 5.75 Å². The molecule has 0 aliphatic rings. The van der Waals surface area contributed by atoms with Crippen LogP contribution >= 0.6 is 22.9 Å². The van der Waals surface area contributed by atoms with Crippen molar-refractivity contribution in [1.29, 1.82) is 0 Å². The molecule has 0 atom stereocenters. The third kappa shape index (κ3) is 4.34. The van der Waals surface area contributed by atoms with Crippen LogP contribution < -0.4 is 4.74 Å². The van der Waals surface area contributed by atoms with Gasteiger partial charge in [-0.05, 0) is 60.2 Å². The summed E-state index contributed by atoms with van der Waals surface area (Å²) in [6.07, 6.45) is 2.69. The minimum absolute atomic E-state index is 0.450. The number of thiophene rings is 1. The van der Waals surface area contributed by atoms with E-state index in [9.17, 15) is 4.79 Å². The summed E-state index contributed by atoms with van der Waals surface area (Å²) in [6, 6.07) is 5.74. The lowest BCUT2D eigenvalue weighted by Crippen LogP contribution is -1.94. The molecule has 0 spiro atoms.